The second-order valence-corrected chi connectivity index (χ2v) is 6.08. The molecule has 1 aromatic rings. The van der Waals surface area contributed by atoms with Gasteiger partial charge in [0, 0.05) is 12.2 Å². The summed E-state index contributed by atoms with van der Waals surface area (Å²) in [6, 6.07) is 6.29. The number of aliphatic carboxylic acids is 1. The van der Waals surface area contributed by atoms with E-state index in [1.807, 2.05) is 6.92 Å². The first kappa shape index (κ1) is 14.5. The van der Waals surface area contributed by atoms with Crippen LogP contribution in [0.2, 0.25) is 0 Å². The Kier molecular flexibility index (Phi) is 4.72. The molecule has 0 saturated heterocycles. The number of carboxylic acids is 1. The largest absolute Gasteiger partial charge is 0.480 e. The molecule has 100 valence electrons. The van der Waals surface area contributed by atoms with Crippen molar-refractivity contribution in [3.63, 3.8) is 0 Å². The normalized spacial score (nSPS) is 11.2. The lowest BCUT2D eigenvalue weighted by Crippen LogP contribution is -2.29. The molecule has 1 rings (SSSR count). The topological polar surface area (TPSA) is 74.7 Å². The fraction of sp³-hybridized carbons (Fsp3) is 0.417. The molecular weight excluding hydrogens is 254 g/mol. The summed E-state index contributed by atoms with van der Waals surface area (Å²) in [5.41, 5.74) is 0.704. The highest BCUT2D eigenvalue weighted by Gasteiger charge is 2.13. The van der Waals surface area contributed by atoms with E-state index in [2.05, 4.69) is 0 Å². The summed E-state index contributed by atoms with van der Waals surface area (Å²) in [7, 11) is -3.21. The summed E-state index contributed by atoms with van der Waals surface area (Å²) in [6.07, 6.45) is 0. The van der Waals surface area contributed by atoms with Gasteiger partial charge in [-0.05, 0) is 31.2 Å². The standard InChI is InChI=1S/C12H17NO4S/c1-3-13(9-12(14)15)10-5-7-11(8-6-10)18(16,17)4-2/h5-8H,3-4,9H2,1-2H3,(H,14,15). The van der Waals surface area contributed by atoms with Crippen molar-refractivity contribution in [3.05, 3.63) is 24.3 Å². The molecule has 0 aliphatic heterocycles. The molecule has 0 fully saturated rings. The van der Waals surface area contributed by atoms with Crippen molar-refractivity contribution in [2.75, 3.05) is 23.7 Å². The highest BCUT2D eigenvalue weighted by molar-refractivity contribution is 7.91. The van der Waals surface area contributed by atoms with Gasteiger partial charge in [-0.2, -0.15) is 0 Å². The quantitative estimate of drug-likeness (QED) is 0.846. The number of carboxylic acid groups (broad SMARTS) is 1. The molecule has 0 spiro atoms. The van der Waals surface area contributed by atoms with Crippen molar-refractivity contribution in [3.8, 4) is 0 Å². The van der Waals surface area contributed by atoms with E-state index in [-0.39, 0.29) is 17.2 Å². The average molecular weight is 271 g/mol. The van der Waals surface area contributed by atoms with Crippen LogP contribution < -0.4 is 4.90 Å². The van der Waals surface area contributed by atoms with Crippen LogP contribution in [0.5, 0.6) is 0 Å². The van der Waals surface area contributed by atoms with Crippen LogP contribution in [-0.4, -0.2) is 38.3 Å². The Bertz CT molecular complexity index is 507. The molecule has 1 aromatic carbocycles. The summed E-state index contributed by atoms with van der Waals surface area (Å²) in [4.78, 5) is 12.6. The molecule has 0 atom stereocenters. The van der Waals surface area contributed by atoms with Gasteiger partial charge in [0.25, 0.3) is 0 Å². The fourth-order valence-corrected chi connectivity index (χ4v) is 2.46. The van der Waals surface area contributed by atoms with Gasteiger partial charge in [-0.3, -0.25) is 4.79 Å². The maximum absolute atomic E-state index is 11.6. The van der Waals surface area contributed by atoms with Gasteiger partial charge in [-0.1, -0.05) is 6.92 Å². The number of nitrogens with zero attached hydrogens (tertiary/aromatic N) is 1. The number of sulfone groups is 1. The molecule has 0 aliphatic rings. The van der Waals surface area contributed by atoms with Crippen LogP contribution >= 0.6 is 0 Å². The summed E-state index contributed by atoms with van der Waals surface area (Å²) >= 11 is 0. The summed E-state index contributed by atoms with van der Waals surface area (Å²) < 4.78 is 23.2. The zero-order valence-corrected chi connectivity index (χ0v) is 11.3. The maximum atomic E-state index is 11.6. The molecule has 0 heterocycles. The molecule has 6 heteroatoms. The predicted octanol–water partition coefficient (Wildman–Crippen LogP) is 1.39. The van der Waals surface area contributed by atoms with Crippen LogP contribution in [0.25, 0.3) is 0 Å². The van der Waals surface area contributed by atoms with Gasteiger partial charge in [-0.25, -0.2) is 8.42 Å². The monoisotopic (exact) mass is 271 g/mol. The van der Waals surface area contributed by atoms with E-state index < -0.39 is 15.8 Å². The van der Waals surface area contributed by atoms with E-state index in [1.165, 1.54) is 12.1 Å². The van der Waals surface area contributed by atoms with Gasteiger partial charge < -0.3 is 10.0 Å². The van der Waals surface area contributed by atoms with Crippen molar-refractivity contribution in [2.45, 2.75) is 18.7 Å². The molecule has 5 nitrogen and oxygen atoms in total. The minimum atomic E-state index is -3.21. The van der Waals surface area contributed by atoms with Gasteiger partial charge in [0.05, 0.1) is 10.6 Å². The minimum Gasteiger partial charge on any atom is -0.480 e. The van der Waals surface area contributed by atoms with Crippen molar-refractivity contribution in [1.82, 2.24) is 0 Å². The fourth-order valence-electron chi connectivity index (χ4n) is 1.58. The third-order valence-corrected chi connectivity index (χ3v) is 4.40. The maximum Gasteiger partial charge on any atom is 0.323 e. The van der Waals surface area contributed by atoms with Crippen LogP contribution in [-0.2, 0) is 14.6 Å². The molecule has 0 saturated carbocycles. The van der Waals surface area contributed by atoms with E-state index in [9.17, 15) is 13.2 Å². The van der Waals surface area contributed by atoms with Crippen LogP contribution in [0, 0.1) is 0 Å². The van der Waals surface area contributed by atoms with Crippen LogP contribution in [0.3, 0.4) is 0 Å². The SMILES string of the molecule is CCN(CC(=O)O)c1ccc(S(=O)(=O)CC)cc1. The van der Waals surface area contributed by atoms with Crippen molar-refractivity contribution < 1.29 is 18.3 Å². The third-order valence-electron chi connectivity index (χ3n) is 2.65. The molecule has 0 aliphatic carbocycles. The molecule has 0 radical (unpaired) electrons. The van der Waals surface area contributed by atoms with Crippen molar-refractivity contribution in [1.29, 1.82) is 0 Å². The Morgan fingerprint density at radius 1 is 1.22 bits per heavy atom. The summed E-state index contributed by atoms with van der Waals surface area (Å²) in [5.74, 6) is -0.860. The second kappa shape index (κ2) is 5.86. The predicted molar refractivity (Wildman–Crippen MR) is 69.7 cm³/mol. The lowest BCUT2D eigenvalue weighted by molar-refractivity contribution is -0.135. The highest BCUT2D eigenvalue weighted by Crippen LogP contribution is 2.18. The Labute approximate surface area is 107 Å². The average Bonchev–Trinajstić information content (AvgIpc) is 2.36. The van der Waals surface area contributed by atoms with Gasteiger partial charge in [0.15, 0.2) is 9.84 Å². The minimum absolute atomic E-state index is 0.0545. The number of hydrogen-bond donors (Lipinski definition) is 1. The molecule has 0 bridgehead atoms. The lowest BCUT2D eigenvalue weighted by atomic mass is 10.3. The van der Waals surface area contributed by atoms with Crippen LogP contribution in [0.4, 0.5) is 5.69 Å². The van der Waals surface area contributed by atoms with Crippen LogP contribution in [0.15, 0.2) is 29.2 Å². The molecular formula is C12H17NO4S. The molecule has 18 heavy (non-hydrogen) atoms. The van der Waals surface area contributed by atoms with Gasteiger partial charge >= 0.3 is 5.97 Å². The van der Waals surface area contributed by atoms with E-state index in [0.717, 1.165) is 0 Å². The molecule has 0 aromatic heterocycles. The van der Waals surface area contributed by atoms with E-state index in [4.69, 9.17) is 5.11 Å². The van der Waals surface area contributed by atoms with Crippen molar-refractivity contribution >= 4 is 21.5 Å². The smallest absolute Gasteiger partial charge is 0.323 e. The Balaban J connectivity index is 2.98. The summed E-state index contributed by atoms with van der Waals surface area (Å²) in [6.45, 7) is 3.88. The van der Waals surface area contributed by atoms with Crippen LogP contribution in [0.1, 0.15) is 13.8 Å². The number of likely N-dealkylation sites (N-methyl/N-ethyl adjacent to an activating group) is 1. The number of rotatable bonds is 6. The Morgan fingerprint density at radius 3 is 2.17 bits per heavy atom. The highest BCUT2D eigenvalue weighted by atomic mass is 32.2. The van der Waals surface area contributed by atoms with E-state index in [0.29, 0.717) is 12.2 Å². The van der Waals surface area contributed by atoms with Gasteiger partial charge in [0.2, 0.25) is 0 Å². The first-order chi connectivity index (χ1) is 8.40. The Hall–Kier alpha value is -1.56. The Morgan fingerprint density at radius 2 is 1.78 bits per heavy atom. The summed E-state index contributed by atoms with van der Waals surface area (Å²) in [5, 5.41) is 8.76. The zero-order valence-electron chi connectivity index (χ0n) is 10.5. The van der Waals surface area contributed by atoms with Gasteiger partial charge in [-0.15, -0.1) is 0 Å². The van der Waals surface area contributed by atoms with Gasteiger partial charge in [0.1, 0.15) is 6.54 Å². The first-order valence-electron chi connectivity index (χ1n) is 5.70. The van der Waals surface area contributed by atoms with E-state index in [1.54, 1.807) is 24.0 Å². The number of carbonyl (C=O) groups is 1. The third kappa shape index (κ3) is 3.46. The zero-order chi connectivity index (χ0) is 13.8. The molecule has 1 N–H and O–H groups in total. The molecule has 0 unspecified atom stereocenters. The number of anilines is 1. The lowest BCUT2D eigenvalue weighted by Gasteiger charge is -2.20. The van der Waals surface area contributed by atoms with Crippen molar-refractivity contribution in [2.24, 2.45) is 0 Å². The second-order valence-electron chi connectivity index (χ2n) is 3.81. The molecule has 0 amide bonds. The first-order valence-corrected chi connectivity index (χ1v) is 7.35. The van der Waals surface area contributed by atoms with E-state index >= 15 is 0 Å². The number of hydrogen-bond acceptors (Lipinski definition) is 4. The number of benzene rings is 1.